The fourth-order valence-electron chi connectivity index (χ4n) is 3.52. The molecule has 0 aliphatic heterocycles. The maximum atomic E-state index is 6.42. The molecule has 0 fully saturated rings. The number of rotatable bonds is 7. The first-order valence-electron chi connectivity index (χ1n) is 10.2. The monoisotopic (exact) mass is 465 g/mol. The lowest BCUT2D eigenvalue weighted by atomic mass is 10.1. The van der Waals surface area contributed by atoms with Crippen molar-refractivity contribution in [2.24, 2.45) is 0 Å². The summed E-state index contributed by atoms with van der Waals surface area (Å²) in [4.78, 5) is 5.88. The van der Waals surface area contributed by atoms with Crippen molar-refractivity contribution in [3.05, 3.63) is 70.1 Å². The first-order chi connectivity index (χ1) is 15.6. The van der Waals surface area contributed by atoms with Crippen LogP contribution in [0.2, 0.25) is 5.02 Å². The molecule has 1 N–H and O–H groups in total. The largest absolute Gasteiger partial charge is 0.489 e. The van der Waals surface area contributed by atoms with Crippen LogP contribution in [0.3, 0.4) is 0 Å². The molecule has 0 saturated carbocycles. The topological polar surface area (TPSA) is 94.4 Å². The Morgan fingerprint density at radius 3 is 2.72 bits per heavy atom. The fourth-order valence-corrected chi connectivity index (χ4v) is 4.61. The van der Waals surface area contributed by atoms with Gasteiger partial charge in [-0.15, -0.1) is 10.2 Å². The number of nitrogens with one attached hydrogen (secondary N) is 1. The number of aromatic amines is 1. The summed E-state index contributed by atoms with van der Waals surface area (Å²) >= 11 is 7.92. The third kappa shape index (κ3) is 3.96. The third-order valence-corrected chi connectivity index (χ3v) is 6.55. The predicted molar refractivity (Wildman–Crippen MR) is 124 cm³/mol. The van der Waals surface area contributed by atoms with Crippen molar-refractivity contribution in [2.75, 3.05) is 0 Å². The first kappa shape index (κ1) is 20.6. The van der Waals surface area contributed by atoms with Crippen LogP contribution in [0.15, 0.2) is 42.5 Å². The van der Waals surface area contributed by atoms with Gasteiger partial charge in [0.2, 0.25) is 5.82 Å². The van der Waals surface area contributed by atoms with Gasteiger partial charge in [0.05, 0.1) is 12.2 Å². The zero-order valence-corrected chi connectivity index (χ0v) is 19.1. The molecule has 2 aromatic carbocycles. The van der Waals surface area contributed by atoms with Crippen LogP contribution in [0.25, 0.3) is 21.7 Å². The lowest BCUT2D eigenvalue weighted by Crippen LogP contribution is -2.04. The number of ether oxygens (including phenoxy) is 1. The van der Waals surface area contributed by atoms with E-state index in [9.17, 15) is 0 Å². The molecule has 5 aromatic rings. The summed E-state index contributed by atoms with van der Waals surface area (Å²) in [6.07, 6.45) is 0.883. The molecule has 8 nitrogen and oxygen atoms in total. The highest BCUT2D eigenvalue weighted by molar-refractivity contribution is 7.13. The average Bonchev–Trinajstić information content (AvgIpc) is 3.53. The Morgan fingerprint density at radius 2 is 2.00 bits per heavy atom. The van der Waals surface area contributed by atoms with Crippen molar-refractivity contribution in [3.8, 4) is 17.1 Å². The number of hydrogen-bond donors (Lipinski definition) is 1. The number of aromatic nitrogens is 7. The van der Waals surface area contributed by atoms with Crippen molar-refractivity contribution in [1.29, 1.82) is 0 Å². The molecule has 5 rings (SSSR count). The normalized spacial score (nSPS) is 11.3. The highest BCUT2D eigenvalue weighted by Crippen LogP contribution is 2.26. The molecule has 3 aromatic heterocycles. The Morgan fingerprint density at radius 1 is 1.16 bits per heavy atom. The lowest BCUT2D eigenvalue weighted by Gasteiger charge is -2.10. The minimum atomic E-state index is 0.368. The van der Waals surface area contributed by atoms with Gasteiger partial charge in [0.25, 0.3) is 0 Å². The summed E-state index contributed by atoms with van der Waals surface area (Å²) in [6, 6.07) is 13.7. The molecule has 0 saturated heterocycles. The fraction of sp³-hybridized carbons (Fsp3) is 0.227. The Bertz CT molecular complexity index is 1360. The molecule has 0 atom stereocenters. The predicted octanol–water partition coefficient (Wildman–Crippen LogP) is 4.82. The number of nitrogens with zero attached hydrogens (tertiary/aromatic N) is 6. The number of benzene rings is 2. The van der Waals surface area contributed by atoms with Crippen LogP contribution in [-0.2, 0) is 19.6 Å². The molecule has 162 valence electrons. The number of imidazole rings is 1. The van der Waals surface area contributed by atoms with Crippen molar-refractivity contribution in [3.63, 3.8) is 0 Å². The summed E-state index contributed by atoms with van der Waals surface area (Å²) < 4.78 is 12.6. The smallest absolute Gasteiger partial charge is 0.204 e. The van der Waals surface area contributed by atoms with Gasteiger partial charge in [-0.25, -0.2) is 4.98 Å². The van der Waals surface area contributed by atoms with E-state index in [1.54, 1.807) is 0 Å². The zero-order chi connectivity index (χ0) is 22.1. The van der Waals surface area contributed by atoms with Gasteiger partial charge in [0.1, 0.15) is 28.5 Å². The van der Waals surface area contributed by atoms with Crippen LogP contribution in [0.5, 0.6) is 5.75 Å². The van der Waals surface area contributed by atoms with E-state index in [0.717, 1.165) is 51.7 Å². The molecule has 0 spiro atoms. The van der Waals surface area contributed by atoms with Gasteiger partial charge in [-0.1, -0.05) is 42.8 Å². The molecule has 3 heterocycles. The summed E-state index contributed by atoms with van der Waals surface area (Å²) in [5.74, 6) is 2.37. The second-order valence-corrected chi connectivity index (χ2v) is 8.52. The quantitative estimate of drug-likeness (QED) is 0.370. The highest BCUT2D eigenvalue weighted by atomic mass is 35.5. The van der Waals surface area contributed by atoms with Crippen LogP contribution >= 0.6 is 23.1 Å². The van der Waals surface area contributed by atoms with E-state index < -0.39 is 0 Å². The van der Waals surface area contributed by atoms with Crippen molar-refractivity contribution < 1.29 is 4.74 Å². The van der Waals surface area contributed by atoms with Crippen LogP contribution < -0.4 is 4.74 Å². The molecular weight excluding hydrogens is 446 g/mol. The Hall–Kier alpha value is -3.30. The van der Waals surface area contributed by atoms with Crippen LogP contribution in [0.4, 0.5) is 0 Å². The Kier molecular flexibility index (Phi) is 5.59. The molecular formula is C22H20ClN7OS. The second-order valence-electron chi connectivity index (χ2n) is 7.36. The zero-order valence-electron chi connectivity index (χ0n) is 17.5. The van der Waals surface area contributed by atoms with E-state index in [-0.39, 0.29) is 0 Å². The molecule has 10 heteroatoms. The molecule has 0 bridgehead atoms. The van der Waals surface area contributed by atoms with Crippen molar-refractivity contribution in [1.82, 2.24) is 34.5 Å². The minimum absolute atomic E-state index is 0.368. The van der Waals surface area contributed by atoms with Gasteiger partial charge in [0.15, 0.2) is 0 Å². The van der Waals surface area contributed by atoms with E-state index in [1.807, 2.05) is 37.3 Å². The van der Waals surface area contributed by atoms with Gasteiger partial charge < -0.3 is 9.30 Å². The third-order valence-electron chi connectivity index (χ3n) is 5.24. The summed E-state index contributed by atoms with van der Waals surface area (Å²) in [6.45, 7) is 5.26. The van der Waals surface area contributed by atoms with Crippen molar-refractivity contribution >= 4 is 33.5 Å². The summed E-state index contributed by atoms with van der Waals surface area (Å²) in [7, 11) is 0. The van der Waals surface area contributed by atoms with E-state index in [0.29, 0.717) is 17.5 Å². The molecule has 0 unspecified atom stereocenters. The Balaban J connectivity index is 1.27. The first-order valence-corrected chi connectivity index (χ1v) is 11.3. The number of hydrogen-bond acceptors (Lipinski definition) is 7. The average molecular weight is 466 g/mol. The second kappa shape index (κ2) is 8.68. The number of tetrazole rings is 1. The molecule has 0 amide bonds. The van der Waals surface area contributed by atoms with E-state index in [2.05, 4.69) is 48.6 Å². The number of aryl methyl sites for hydroxylation is 2. The SMILES string of the molecule is CCc1nc2c(C)nsc2n1Cc1ccc(OCc2ccc(-c3nn[nH]n3)cc2Cl)cc1. The summed E-state index contributed by atoms with van der Waals surface area (Å²) in [5.41, 5.74) is 4.87. The molecule has 0 aliphatic carbocycles. The molecule has 0 aliphatic rings. The number of halogens is 1. The van der Waals surface area contributed by atoms with E-state index >= 15 is 0 Å². The van der Waals surface area contributed by atoms with Crippen LogP contribution in [0, 0.1) is 6.92 Å². The number of H-pyrrole nitrogens is 1. The van der Waals surface area contributed by atoms with Gasteiger partial charge in [-0.3, -0.25) is 0 Å². The van der Waals surface area contributed by atoms with Crippen LogP contribution in [0.1, 0.15) is 29.6 Å². The maximum Gasteiger partial charge on any atom is 0.204 e. The standard InChI is InChI=1S/C22H20ClN7OS/c1-3-19-24-20-13(2)27-32-22(20)30(19)11-14-4-8-17(9-5-14)31-12-16-7-6-15(10-18(16)23)21-25-28-29-26-21/h4-10H,3,11-12H2,1-2H3,(H,25,26,28,29). The highest BCUT2D eigenvalue weighted by Gasteiger charge is 2.14. The van der Waals surface area contributed by atoms with Crippen molar-refractivity contribution in [2.45, 2.75) is 33.4 Å². The summed E-state index contributed by atoms with van der Waals surface area (Å²) in [5, 5.41) is 14.5. The van der Waals surface area contributed by atoms with E-state index in [4.69, 9.17) is 21.3 Å². The lowest BCUT2D eigenvalue weighted by molar-refractivity contribution is 0.306. The maximum absolute atomic E-state index is 6.42. The number of fused-ring (bicyclic) bond motifs is 1. The van der Waals surface area contributed by atoms with Crippen LogP contribution in [-0.4, -0.2) is 34.5 Å². The van der Waals surface area contributed by atoms with E-state index in [1.165, 1.54) is 17.1 Å². The minimum Gasteiger partial charge on any atom is -0.489 e. The molecule has 32 heavy (non-hydrogen) atoms. The van der Waals surface area contributed by atoms with Gasteiger partial charge in [-0.05, 0) is 47.4 Å². The Labute approximate surface area is 193 Å². The van der Waals surface area contributed by atoms with Gasteiger partial charge >= 0.3 is 0 Å². The molecule has 0 radical (unpaired) electrons. The van der Waals surface area contributed by atoms with Gasteiger partial charge in [-0.2, -0.15) is 9.59 Å². The van der Waals surface area contributed by atoms with Gasteiger partial charge in [0, 0.05) is 22.6 Å².